The average molecular weight is 311 g/mol. The van der Waals surface area contributed by atoms with E-state index in [0.29, 0.717) is 12.3 Å². The third-order valence-corrected chi connectivity index (χ3v) is 4.20. The van der Waals surface area contributed by atoms with Crippen molar-refractivity contribution in [2.45, 2.75) is 25.9 Å². The van der Waals surface area contributed by atoms with E-state index in [4.69, 9.17) is 4.42 Å². The Labute approximate surface area is 136 Å². The molecule has 4 heteroatoms. The maximum Gasteiger partial charge on any atom is 0.244 e. The third kappa shape index (κ3) is 4.83. The molecule has 0 atom stereocenters. The molecule has 4 nitrogen and oxygen atoms in total. The first-order chi connectivity index (χ1) is 11.3. The first-order valence-electron chi connectivity index (χ1n) is 8.20. The molecule has 120 valence electrons. The Morgan fingerprint density at radius 1 is 1.13 bits per heavy atom. The molecule has 0 radical (unpaired) electrons. The van der Waals surface area contributed by atoms with Crippen LogP contribution in [-0.2, 0) is 17.9 Å². The van der Waals surface area contributed by atoms with Gasteiger partial charge in [0.05, 0.1) is 19.4 Å². The van der Waals surface area contributed by atoms with Crippen LogP contribution in [0.2, 0.25) is 0 Å². The zero-order valence-electron chi connectivity index (χ0n) is 13.3. The smallest absolute Gasteiger partial charge is 0.244 e. The second-order valence-electron chi connectivity index (χ2n) is 6.02. The van der Waals surface area contributed by atoms with Crippen molar-refractivity contribution in [2.75, 3.05) is 13.1 Å². The van der Waals surface area contributed by atoms with Crippen molar-refractivity contribution in [3.8, 4) is 0 Å². The molecule has 2 aromatic rings. The first kappa shape index (κ1) is 15.6. The summed E-state index contributed by atoms with van der Waals surface area (Å²) in [5.74, 6) is 0.556. The number of hydrogen-bond acceptors (Lipinski definition) is 2. The van der Waals surface area contributed by atoms with Gasteiger partial charge in [0.25, 0.3) is 0 Å². The van der Waals surface area contributed by atoms with Crippen LogP contribution in [0.15, 0.2) is 53.2 Å². The van der Waals surface area contributed by atoms with E-state index in [-0.39, 0.29) is 5.91 Å². The van der Waals surface area contributed by atoms with Gasteiger partial charge in [0.1, 0.15) is 12.3 Å². The second kappa shape index (κ2) is 7.79. The fourth-order valence-corrected chi connectivity index (χ4v) is 2.91. The van der Waals surface area contributed by atoms with Gasteiger partial charge in [0, 0.05) is 31.0 Å². The highest BCUT2D eigenvalue weighted by atomic mass is 16.3. The number of benzene rings is 1. The molecule has 0 aliphatic carbocycles. The summed E-state index contributed by atoms with van der Waals surface area (Å²) in [5, 5.41) is 2.88. The van der Waals surface area contributed by atoms with Crippen LogP contribution < -0.4 is 10.2 Å². The zero-order valence-corrected chi connectivity index (χ0v) is 13.3. The van der Waals surface area contributed by atoms with E-state index in [0.717, 1.165) is 12.1 Å². The molecule has 0 unspecified atom stereocenters. The zero-order chi connectivity index (χ0) is 15.9. The van der Waals surface area contributed by atoms with Crippen molar-refractivity contribution in [1.29, 1.82) is 0 Å². The Hall–Kier alpha value is -2.33. The van der Waals surface area contributed by atoms with Crippen molar-refractivity contribution in [3.05, 3.63) is 65.6 Å². The van der Waals surface area contributed by atoms with Crippen LogP contribution in [0.4, 0.5) is 0 Å². The fraction of sp³-hybridized carbons (Fsp3) is 0.316. The van der Waals surface area contributed by atoms with Crippen LogP contribution in [0.5, 0.6) is 0 Å². The largest absolute Gasteiger partial charge is 0.465 e. The van der Waals surface area contributed by atoms with Gasteiger partial charge in [0.2, 0.25) is 5.91 Å². The maximum absolute atomic E-state index is 11.8. The summed E-state index contributed by atoms with van der Waals surface area (Å²) in [4.78, 5) is 13.4. The number of furan rings is 1. The number of rotatable bonds is 6. The highest BCUT2D eigenvalue weighted by Crippen LogP contribution is 2.05. The van der Waals surface area contributed by atoms with Gasteiger partial charge in [-0.05, 0) is 23.8 Å². The van der Waals surface area contributed by atoms with Crippen molar-refractivity contribution in [3.63, 3.8) is 0 Å². The summed E-state index contributed by atoms with van der Waals surface area (Å²) >= 11 is 0. The molecule has 1 aromatic heterocycles. The predicted octanol–water partition coefficient (Wildman–Crippen LogP) is 1.79. The van der Waals surface area contributed by atoms with Gasteiger partial charge in [-0.15, -0.1) is 0 Å². The summed E-state index contributed by atoms with van der Waals surface area (Å²) in [7, 11) is 0. The first-order valence-corrected chi connectivity index (χ1v) is 8.20. The lowest BCUT2D eigenvalue weighted by Gasteiger charge is -2.12. The van der Waals surface area contributed by atoms with E-state index >= 15 is 0 Å². The normalized spacial score (nSPS) is 15.3. The van der Waals surface area contributed by atoms with Gasteiger partial charge in [-0.1, -0.05) is 24.3 Å². The van der Waals surface area contributed by atoms with Gasteiger partial charge < -0.3 is 14.6 Å². The molecule has 2 N–H and O–H groups in total. The van der Waals surface area contributed by atoms with Crippen LogP contribution in [0.1, 0.15) is 29.7 Å². The number of nitrogens with one attached hydrogen (secondary N) is 2. The third-order valence-electron chi connectivity index (χ3n) is 4.20. The van der Waals surface area contributed by atoms with Gasteiger partial charge in [0.15, 0.2) is 0 Å². The molecule has 2 heterocycles. The van der Waals surface area contributed by atoms with E-state index in [9.17, 15) is 4.79 Å². The minimum absolute atomic E-state index is 0.119. The quantitative estimate of drug-likeness (QED) is 0.799. The van der Waals surface area contributed by atoms with Crippen molar-refractivity contribution < 1.29 is 14.1 Å². The SMILES string of the molecule is O=C(/C=C/c1ccco1)NCc1ccc(C[NH+]2CCCC2)cc1. The average Bonchev–Trinajstić information content (AvgIpc) is 3.26. The molecular weight excluding hydrogens is 288 g/mol. The molecule has 1 amide bonds. The van der Waals surface area contributed by atoms with Gasteiger partial charge >= 0.3 is 0 Å². The molecule has 0 spiro atoms. The lowest BCUT2D eigenvalue weighted by molar-refractivity contribution is -0.901. The monoisotopic (exact) mass is 311 g/mol. The van der Waals surface area contributed by atoms with Crippen molar-refractivity contribution in [2.24, 2.45) is 0 Å². The number of amides is 1. The Kier molecular flexibility index (Phi) is 5.27. The highest BCUT2D eigenvalue weighted by Gasteiger charge is 2.15. The Morgan fingerprint density at radius 3 is 2.57 bits per heavy atom. The lowest BCUT2D eigenvalue weighted by atomic mass is 10.1. The molecule has 0 saturated carbocycles. The minimum Gasteiger partial charge on any atom is -0.465 e. The van der Waals surface area contributed by atoms with Crippen LogP contribution >= 0.6 is 0 Å². The molecule has 1 fully saturated rings. The maximum atomic E-state index is 11.8. The molecule has 23 heavy (non-hydrogen) atoms. The topological polar surface area (TPSA) is 46.7 Å². The van der Waals surface area contributed by atoms with Gasteiger partial charge in [-0.2, -0.15) is 0 Å². The molecule has 1 saturated heterocycles. The van der Waals surface area contributed by atoms with E-state index in [1.807, 2.05) is 6.07 Å². The fourth-order valence-electron chi connectivity index (χ4n) is 2.91. The highest BCUT2D eigenvalue weighted by molar-refractivity contribution is 5.91. The summed E-state index contributed by atoms with van der Waals surface area (Å²) in [6.07, 6.45) is 7.44. The lowest BCUT2D eigenvalue weighted by Crippen LogP contribution is -3.08. The molecule has 1 aliphatic rings. The van der Waals surface area contributed by atoms with Crippen LogP contribution in [0.25, 0.3) is 6.08 Å². The summed E-state index contributed by atoms with van der Waals surface area (Å²) < 4.78 is 5.15. The molecule has 3 rings (SSSR count). The van der Waals surface area contributed by atoms with Gasteiger partial charge in [-0.25, -0.2) is 0 Å². The number of carbonyl (C=O) groups is 1. The minimum atomic E-state index is -0.119. The van der Waals surface area contributed by atoms with Crippen LogP contribution in [0, 0.1) is 0 Å². The standard InChI is InChI=1S/C19H22N2O2/c22-19(10-9-18-4-3-13-23-18)20-14-16-5-7-17(8-6-16)15-21-11-1-2-12-21/h3-10,13H,1-2,11-12,14-15H2,(H,20,22)/p+1/b10-9+. The van der Waals surface area contributed by atoms with Crippen molar-refractivity contribution in [1.82, 2.24) is 5.32 Å². The molecular formula is C19H23N2O2+. The number of quaternary nitrogens is 1. The number of hydrogen-bond donors (Lipinski definition) is 2. The molecule has 1 aliphatic heterocycles. The Morgan fingerprint density at radius 2 is 1.87 bits per heavy atom. The number of carbonyl (C=O) groups excluding carboxylic acids is 1. The van der Waals surface area contributed by atoms with Crippen LogP contribution in [0.3, 0.4) is 0 Å². The summed E-state index contributed by atoms with van der Waals surface area (Å²) in [6, 6.07) is 12.1. The van der Waals surface area contributed by atoms with E-state index < -0.39 is 0 Å². The summed E-state index contributed by atoms with van der Waals surface area (Å²) in [5.41, 5.74) is 2.49. The molecule has 1 aromatic carbocycles. The van der Waals surface area contributed by atoms with Crippen LogP contribution in [-0.4, -0.2) is 19.0 Å². The van der Waals surface area contributed by atoms with E-state index in [2.05, 4.69) is 29.6 Å². The Balaban J connectivity index is 1.45. The second-order valence-corrected chi connectivity index (χ2v) is 6.02. The molecule has 0 bridgehead atoms. The van der Waals surface area contributed by atoms with Gasteiger partial charge in [-0.3, -0.25) is 4.79 Å². The van der Waals surface area contributed by atoms with E-state index in [1.54, 1.807) is 23.3 Å². The Bertz CT molecular complexity index is 639. The van der Waals surface area contributed by atoms with E-state index in [1.165, 1.54) is 37.6 Å². The predicted molar refractivity (Wildman–Crippen MR) is 89.7 cm³/mol. The number of likely N-dealkylation sites (tertiary alicyclic amines) is 1. The summed E-state index contributed by atoms with van der Waals surface area (Å²) in [6.45, 7) is 4.23. The van der Waals surface area contributed by atoms with Crippen molar-refractivity contribution >= 4 is 12.0 Å².